The fourth-order valence-electron chi connectivity index (χ4n) is 2.82. The summed E-state index contributed by atoms with van der Waals surface area (Å²) >= 11 is 0. The Bertz CT molecular complexity index is 592. The van der Waals surface area contributed by atoms with E-state index in [1.54, 1.807) is 18.5 Å². The number of hydrogen-bond acceptors (Lipinski definition) is 4. The lowest BCUT2D eigenvalue weighted by molar-refractivity contribution is 0.617. The van der Waals surface area contributed by atoms with E-state index < -0.39 is 0 Å². The van der Waals surface area contributed by atoms with E-state index in [4.69, 9.17) is 0 Å². The standard InChI is InChI=1S/C17H21FN4/c18-13-7-9-15(10-8-13)22-17-11-16(19-12-20-17)21-14-5-3-1-2-4-6-14/h7-12,14H,1-6H2,(H2,19,20,21,22). The predicted molar refractivity (Wildman–Crippen MR) is 86.8 cm³/mol. The predicted octanol–water partition coefficient (Wildman–Crippen LogP) is 4.49. The first-order valence-electron chi connectivity index (χ1n) is 7.91. The molecule has 1 aromatic carbocycles. The molecule has 0 radical (unpaired) electrons. The molecule has 4 nitrogen and oxygen atoms in total. The van der Waals surface area contributed by atoms with Crippen molar-refractivity contribution in [2.75, 3.05) is 10.6 Å². The van der Waals surface area contributed by atoms with E-state index in [-0.39, 0.29) is 5.82 Å². The molecule has 1 fully saturated rings. The molecular weight excluding hydrogens is 279 g/mol. The molecule has 0 amide bonds. The highest BCUT2D eigenvalue weighted by Gasteiger charge is 2.12. The normalized spacial score (nSPS) is 16.0. The molecule has 3 rings (SSSR count). The molecule has 0 saturated heterocycles. The first kappa shape index (κ1) is 14.8. The SMILES string of the molecule is Fc1ccc(Nc2cc(NC3CCCCCC3)ncn2)cc1. The molecule has 2 aromatic rings. The monoisotopic (exact) mass is 300 g/mol. The highest BCUT2D eigenvalue weighted by Crippen LogP contribution is 2.22. The molecule has 0 spiro atoms. The summed E-state index contributed by atoms with van der Waals surface area (Å²) in [5.74, 6) is 1.30. The Morgan fingerprint density at radius 1 is 0.909 bits per heavy atom. The number of rotatable bonds is 4. The summed E-state index contributed by atoms with van der Waals surface area (Å²) in [6.07, 6.45) is 9.17. The maximum Gasteiger partial charge on any atom is 0.135 e. The molecule has 2 N–H and O–H groups in total. The number of nitrogens with one attached hydrogen (secondary N) is 2. The second-order valence-corrected chi connectivity index (χ2v) is 5.75. The third-order valence-corrected chi connectivity index (χ3v) is 3.99. The van der Waals surface area contributed by atoms with Crippen molar-refractivity contribution in [3.63, 3.8) is 0 Å². The van der Waals surface area contributed by atoms with Gasteiger partial charge in [0.1, 0.15) is 23.8 Å². The third-order valence-electron chi connectivity index (χ3n) is 3.99. The number of halogens is 1. The molecule has 1 saturated carbocycles. The van der Waals surface area contributed by atoms with Crippen molar-refractivity contribution in [3.05, 3.63) is 42.5 Å². The maximum atomic E-state index is 12.9. The number of nitrogens with zero attached hydrogens (tertiary/aromatic N) is 2. The Kier molecular flexibility index (Phi) is 4.83. The van der Waals surface area contributed by atoms with Crippen LogP contribution in [0, 0.1) is 5.82 Å². The first-order valence-corrected chi connectivity index (χ1v) is 7.91. The van der Waals surface area contributed by atoms with Crippen molar-refractivity contribution < 1.29 is 4.39 Å². The molecule has 1 aliphatic rings. The number of benzene rings is 1. The van der Waals surface area contributed by atoms with Crippen LogP contribution in [0.3, 0.4) is 0 Å². The second-order valence-electron chi connectivity index (χ2n) is 5.75. The minimum absolute atomic E-state index is 0.246. The molecule has 1 aromatic heterocycles. The molecule has 0 aliphatic heterocycles. The number of hydrogen-bond donors (Lipinski definition) is 2. The van der Waals surface area contributed by atoms with E-state index in [0.29, 0.717) is 11.9 Å². The van der Waals surface area contributed by atoms with E-state index in [1.165, 1.54) is 50.7 Å². The van der Waals surface area contributed by atoms with Crippen molar-refractivity contribution in [2.24, 2.45) is 0 Å². The Hall–Kier alpha value is -2.17. The zero-order chi connectivity index (χ0) is 15.2. The van der Waals surface area contributed by atoms with Gasteiger partial charge in [0.25, 0.3) is 0 Å². The van der Waals surface area contributed by atoms with Crippen LogP contribution in [0.15, 0.2) is 36.7 Å². The Morgan fingerprint density at radius 2 is 1.59 bits per heavy atom. The lowest BCUT2D eigenvalue weighted by Gasteiger charge is -2.17. The van der Waals surface area contributed by atoms with Gasteiger partial charge in [-0.3, -0.25) is 0 Å². The Balaban J connectivity index is 1.65. The van der Waals surface area contributed by atoms with Gasteiger partial charge in [0.15, 0.2) is 0 Å². The van der Waals surface area contributed by atoms with E-state index in [0.717, 1.165) is 11.5 Å². The summed E-state index contributed by atoms with van der Waals surface area (Å²) in [7, 11) is 0. The van der Waals surface area contributed by atoms with Gasteiger partial charge >= 0.3 is 0 Å². The van der Waals surface area contributed by atoms with Crippen molar-refractivity contribution >= 4 is 17.3 Å². The highest BCUT2D eigenvalue weighted by atomic mass is 19.1. The summed E-state index contributed by atoms with van der Waals surface area (Å²) in [6.45, 7) is 0. The van der Waals surface area contributed by atoms with Crippen LogP contribution >= 0.6 is 0 Å². The largest absolute Gasteiger partial charge is 0.367 e. The van der Waals surface area contributed by atoms with Crippen molar-refractivity contribution in [2.45, 2.75) is 44.6 Å². The lowest BCUT2D eigenvalue weighted by atomic mass is 10.1. The number of aromatic nitrogens is 2. The summed E-state index contributed by atoms with van der Waals surface area (Å²) in [4.78, 5) is 8.51. The molecule has 0 atom stereocenters. The average molecular weight is 300 g/mol. The zero-order valence-corrected chi connectivity index (χ0v) is 12.6. The minimum Gasteiger partial charge on any atom is -0.367 e. The van der Waals surface area contributed by atoms with Crippen LogP contribution in [-0.2, 0) is 0 Å². The summed E-state index contributed by atoms with van der Waals surface area (Å²) in [5, 5.41) is 6.67. The van der Waals surface area contributed by atoms with Crippen LogP contribution in [0.4, 0.5) is 21.7 Å². The topological polar surface area (TPSA) is 49.8 Å². The fourth-order valence-corrected chi connectivity index (χ4v) is 2.82. The van der Waals surface area contributed by atoms with E-state index in [9.17, 15) is 4.39 Å². The first-order chi connectivity index (χ1) is 10.8. The van der Waals surface area contributed by atoms with Gasteiger partial charge in [0.2, 0.25) is 0 Å². The van der Waals surface area contributed by atoms with Gasteiger partial charge in [-0.05, 0) is 37.1 Å². The van der Waals surface area contributed by atoms with Crippen LogP contribution in [0.2, 0.25) is 0 Å². The highest BCUT2D eigenvalue weighted by molar-refractivity contribution is 5.58. The molecule has 5 heteroatoms. The third kappa shape index (κ3) is 4.16. The molecular formula is C17H21FN4. The van der Waals surface area contributed by atoms with Crippen molar-refractivity contribution in [3.8, 4) is 0 Å². The molecule has 22 heavy (non-hydrogen) atoms. The maximum absolute atomic E-state index is 12.9. The van der Waals surface area contributed by atoms with E-state index >= 15 is 0 Å². The lowest BCUT2D eigenvalue weighted by Crippen LogP contribution is -2.19. The van der Waals surface area contributed by atoms with Gasteiger partial charge in [0, 0.05) is 17.8 Å². The van der Waals surface area contributed by atoms with Crippen LogP contribution in [0.1, 0.15) is 38.5 Å². The summed E-state index contributed by atoms with van der Waals surface area (Å²) in [6, 6.07) is 8.62. The van der Waals surface area contributed by atoms with Gasteiger partial charge in [-0.2, -0.15) is 0 Å². The van der Waals surface area contributed by atoms with Gasteiger partial charge in [-0.15, -0.1) is 0 Å². The van der Waals surface area contributed by atoms with Gasteiger partial charge in [-0.25, -0.2) is 14.4 Å². The minimum atomic E-state index is -0.246. The smallest absolute Gasteiger partial charge is 0.135 e. The molecule has 1 aliphatic carbocycles. The van der Waals surface area contributed by atoms with Crippen LogP contribution in [0.25, 0.3) is 0 Å². The van der Waals surface area contributed by atoms with Gasteiger partial charge in [-0.1, -0.05) is 25.7 Å². The van der Waals surface area contributed by atoms with Crippen LogP contribution in [-0.4, -0.2) is 16.0 Å². The van der Waals surface area contributed by atoms with Gasteiger partial charge in [0.05, 0.1) is 0 Å². The Morgan fingerprint density at radius 3 is 2.32 bits per heavy atom. The van der Waals surface area contributed by atoms with Crippen LogP contribution in [0.5, 0.6) is 0 Å². The van der Waals surface area contributed by atoms with Crippen LogP contribution < -0.4 is 10.6 Å². The molecule has 0 unspecified atom stereocenters. The van der Waals surface area contributed by atoms with Gasteiger partial charge < -0.3 is 10.6 Å². The van der Waals surface area contributed by atoms with Crippen molar-refractivity contribution in [1.29, 1.82) is 0 Å². The summed E-state index contributed by atoms with van der Waals surface area (Å²) in [5.41, 5.74) is 0.806. The molecule has 0 bridgehead atoms. The van der Waals surface area contributed by atoms with Crippen molar-refractivity contribution in [1.82, 2.24) is 9.97 Å². The Labute approximate surface area is 130 Å². The number of anilines is 3. The van der Waals surface area contributed by atoms with E-state index in [2.05, 4.69) is 20.6 Å². The second kappa shape index (κ2) is 7.20. The molecule has 1 heterocycles. The quantitative estimate of drug-likeness (QED) is 0.817. The summed E-state index contributed by atoms with van der Waals surface area (Å²) < 4.78 is 12.9. The van der Waals surface area contributed by atoms with E-state index in [1.807, 2.05) is 6.07 Å². The zero-order valence-electron chi connectivity index (χ0n) is 12.6. The molecule has 116 valence electrons. The fraction of sp³-hybridized carbons (Fsp3) is 0.412. The average Bonchev–Trinajstić information content (AvgIpc) is 2.79.